The second kappa shape index (κ2) is 10.6. The molecule has 1 aromatic rings. The molecule has 0 spiro atoms. The van der Waals surface area contributed by atoms with E-state index in [9.17, 15) is 9.18 Å². The second-order valence-electron chi connectivity index (χ2n) is 9.46. The number of halogens is 1. The van der Waals surface area contributed by atoms with Crippen LogP contribution in [0.4, 0.5) is 10.1 Å². The summed E-state index contributed by atoms with van der Waals surface area (Å²) in [5, 5.41) is 3.48. The number of rotatable bonds is 6. The monoisotopic (exact) mass is 441 g/mol. The Morgan fingerprint density at radius 3 is 2.62 bits per heavy atom. The van der Waals surface area contributed by atoms with Crippen molar-refractivity contribution in [2.75, 3.05) is 31.6 Å². The first-order valence-corrected chi connectivity index (χ1v) is 12.0. The Morgan fingerprint density at radius 2 is 1.97 bits per heavy atom. The first-order valence-electron chi connectivity index (χ1n) is 12.0. The van der Waals surface area contributed by atoms with Gasteiger partial charge in [0.2, 0.25) is 5.91 Å². The van der Waals surface area contributed by atoms with Crippen LogP contribution < -0.4 is 10.2 Å². The minimum Gasteiger partial charge on any atom is -0.491 e. The highest BCUT2D eigenvalue weighted by atomic mass is 19.1. The SMILES string of the molecule is C[C@H]1CN(Cc2ccc(N(C)C(=O)C3CCC(OC4=CCC(F)C=C4)CC3)cc2)CCN1. The quantitative estimate of drug-likeness (QED) is 0.719. The average Bonchev–Trinajstić information content (AvgIpc) is 2.81. The summed E-state index contributed by atoms with van der Waals surface area (Å²) >= 11 is 0. The number of allylic oxidation sites excluding steroid dienone is 3. The number of amides is 1. The van der Waals surface area contributed by atoms with E-state index in [2.05, 4.69) is 41.4 Å². The summed E-state index contributed by atoms with van der Waals surface area (Å²) in [6.07, 6.45) is 8.08. The van der Waals surface area contributed by atoms with Crippen LogP contribution >= 0.6 is 0 Å². The summed E-state index contributed by atoms with van der Waals surface area (Å²) < 4.78 is 19.2. The maximum absolute atomic E-state index is 13.2. The van der Waals surface area contributed by atoms with Gasteiger partial charge in [-0.15, -0.1) is 0 Å². The lowest BCUT2D eigenvalue weighted by Gasteiger charge is -2.32. The third-order valence-electron chi connectivity index (χ3n) is 6.85. The molecule has 1 aliphatic heterocycles. The third-order valence-corrected chi connectivity index (χ3v) is 6.85. The van der Waals surface area contributed by atoms with E-state index >= 15 is 0 Å². The summed E-state index contributed by atoms with van der Waals surface area (Å²) in [6.45, 7) is 6.35. The maximum Gasteiger partial charge on any atom is 0.229 e. The van der Waals surface area contributed by atoms with Crippen molar-refractivity contribution in [2.45, 2.75) is 63.9 Å². The van der Waals surface area contributed by atoms with Gasteiger partial charge in [0.1, 0.15) is 11.9 Å². The smallest absolute Gasteiger partial charge is 0.229 e. The normalized spacial score (nSPS) is 28.8. The van der Waals surface area contributed by atoms with Crippen molar-refractivity contribution < 1.29 is 13.9 Å². The maximum atomic E-state index is 13.2. The van der Waals surface area contributed by atoms with Crippen molar-refractivity contribution in [3.8, 4) is 0 Å². The molecule has 1 saturated carbocycles. The molecule has 1 N–H and O–H groups in total. The molecule has 2 fully saturated rings. The summed E-state index contributed by atoms with van der Waals surface area (Å²) in [7, 11) is 1.88. The molecule has 0 aromatic heterocycles. The molecule has 174 valence electrons. The number of benzene rings is 1. The molecule has 0 radical (unpaired) electrons. The van der Waals surface area contributed by atoms with E-state index < -0.39 is 6.17 Å². The first-order chi connectivity index (χ1) is 15.5. The van der Waals surface area contributed by atoms with Gasteiger partial charge < -0.3 is 15.0 Å². The highest BCUT2D eigenvalue weighted by Gasteiger charge is 2.30. The number of nitrogens with one attached hydrogen (secondary N) is 1. The van der Waals surface area contributed by atoms with Gasteiger partial charge in [-0.25, -0.2) is 4.39 Å². The van der Waals surface area contributed by atoms with Gasteiger partial charge in [0.15, 0.2) is 0 Å². The number of carbonyl (C=O) groups excluding carboxylic acids is 1. The van der Waals surface area contributed by atoms with E-state index in [0.717, 1.165) is 63.3 Å². The Hall–Kier alpha value is -2.18. The van der Waals surface area contributed by atoms with Crippen LogP contribution in [0.25, 0.3) is 0 Å². The molecule has 4 rings (SSSR count). The molecule has 2 aliphatic carbocycles. The van der Waals surface area contributed by atoms with Crippen molar-refractivity contribution >= 4 is 11.6 Å². The number of ether oxygens (including phenoxy) is 1. The van der Waals surface area contributed by atoms with E-state index in [1.165, 1.54) is 5.56 Å². The van der Waals surface area contributed by atoms with Crippen LogP contribution in [0, 0.1) is 5.92 Å². The van der Waals surface area contributed by atoms with Crippen molar-refractivity contribution in [2.24, 2.45) is 5.92 Å². The summed E-state index contributed by atoms with van der Waals surface area (Å²) in [4.78, 5) is 17.3. The molecule has 0 bridgehead atoms. The van der Waals surface area contributed by atoms with Crippen molar-refractivity contribution in [1.82, 2.24) is 10.2 Å². The minimum absolute atomic E-state index is 0.0352. The Labute approximate surface area is 191 Å². The second-order valence-corrected chi connectivity index (χ2v) is 9.46. The van der Waals surface area contributed by atoms with E-state index in [0.29, 0.717) is 12.5 Å². The number of alkyl halides is 1. The molecule has 2 atom stereocenters. The summed E-state index contributed by atoms with van der Waals surface area (Å²) in [5.41, 5.74) is 2.23. The van der Waals surface area contributed by atoms with Crippen LogP contribution in [0.1, 0.15) is 44.6 Å². The number of carbonyl (C=O) groups is 1. The molecule has 3 aliphatic rings. The predicted octanol–water partition coefficient (Wildman–Crippen LogP) is 4.20. The van der Waals surface area contributed by atoms with Crippen LogP contribution in [0.5, 0.6) is 0 Å². The zero-order valence-electron chi connectivity index (χ0n) is 19.3. The van der Waals surface area contributed by atoms with Gasteiger partial charge in [0, 0.05) is 57.3 Å². The van der Waals surface area contributed by atoms with Gasteiger partial charge in [-0.3, -0.25) is 9.69 Å². The van der Waals surface area contributed by atoms with Gasteiger partial charge in [-0.05, 0) is 68.5 Å². The van der Waals surface area contributed by atoms with E-state index in [1.54, 1.807) is 17.1 Å². The molecule has 1 saturated heterocycles. The summed E-state index contributed by atoms with van der Waals surface area (Å²) in [5.74, 6) is 0.985. The van der Waals surface area contributed by atoms with E-state index in [4.69, 9.17) is 4.74 Å². The van der Waals surface area contributed by atoms with Crippen LogP contribution in [0.2, 0.25) is 0 Å². The molecule has 1 heterocycles. The Balaban J connectivity index is 1.25. The Kier molecular flexibility index (Phi) is 7.63. The van der Waals surface area contributed by atoms with Crippen LogP contribution in [0.15, 0.2) is 48.3 Å². The number of piperazine rings is 1. The topological polar surface area (TPSA) is 44.8 Å². The highest BCUT2D eigenvalue weighted by molar-refractivity contribution is 5.94. The number of anilines is 1. The van der Waals surface area contributed by atoms with Crippen LogP contribution in [0.3, 0.4) is 0 Å². The van der Waals surface area contributed by atoms with Gasteiger partial charge in [-0.2, -0.15) is 0 Å². The van der Waals surface area contributed by atoms with Gasteiger partial charge in [-0.1, -0.05) is 12.1 Å². The molecule has 6 heteroatoms. The number of hydrogen-bond donors (Lipinski definition) is 1. The third kappa shape index (κ3) is 5.99. The minimum atomic E-state index is -0.897. The average molecular weight is 442 g/mol. The van der Waals surface area contributed by atoms with Crippen molar-refractivity contribution in [3.63, 3.8) is 0 Å². The first kappa shape index (κ1) is 23.0. The molecular formula is C26H36FN3O2. The number of hydrogen-bond acceptors (Lipinski definition) is 4. The highest BCUT2D eigenvalue weighted by Crippen LogP contribution is 2.31. The Bertz CT molecular complexity index is 830. The molecule has 1 unspecified atom stereocenters. The number of nitrogens with zero attached hydrogens (tertiary/aromatic N) is 2. The molecular weight excluding hydrogens is 405 g/mol. The van der Waals surface area contributed by atoms with Crippen LogP contribution in [-0.2, 0) is 16.1 Å². The fraction of sp³-hybridized carbons (Fsp3) is 0.577. The van der Waals surface area contributed by atoms with Crippen molar-refractivity contribution in [1.29, 1.82) is 0 Å². The zero-order valence-corrected chi connectivity index (χ0v) is 19.3. The Morgan fingerprint density at radius 1 is 1.22 bits per heavy atom. The lowest BCUT2D eigenvalue weighted by molar-refractivity contribution is -0.123. The van der Waals surface area contributed by atoms with E-state index in [1.807, 2.05) is 13.1 Å². The largest absolute Gasteiger partial charge is 0.491 e. The lowest BCUT2D eigenvalue weighted by Crippen LogP contribution is -2.48. The fourth-order valence-corrected chi connectivity index (χ4v) is 4.92. The van der Waals surface area contributed by atoms with Gasteiger partial charge in [0.05, 0.1) is 6.10 Å². The fourth-order valence-electron chi connectivity index (χ4n) is 4.92. The zero-order chi connectivity index (χ0) is 22.5. The predicted molar refractivity (Wildman–Crippen MR) is 126 cm³/mol. The molecule has 5 nitrogen and oxygen atoms in total. The van der Waals surface area contributed by atoms with Gasteiger partial charge in [0.25, 0.3) is 0 Å². The summed E-state index contributed by atoms with van der Waals surface area (Å²) in [6, 6.07) is 8.94. The molecule has 1 amide bonds. The lowest BCUT2D eigenvalue weighted by atomic mass is 9.86. The molecule has 32 heavy (non-hydrogen) atoms. The van der Waals surface area contributed by atoms with E-state index in [-0.39, 0.29) is 17.9 Å². The van der Waals surface area contributed by atoms with Gasteiger partial charge >= 0.3 is 0 Å². The standard InChI is InChI=1S/C26H36FN3O2/c1-19-17-30(16-15-28-19)18-20-3-9-23(10-4-20)29(2)26(31)21-5-11-24(12-6-21)32-25-13-7-22(27)8-14-25/h3-4,7,9-10,13-14,19,21-22,24,28H,5-6,8,11-12,15-18H2,1-2H3/t19-,21?,22?,24?/m0/s1. The van der Waals surface area contributed by atoms with Crippen molar-refractivity contribution in [3.05, 3.63) is 53.8 Å². The molecule has 1 aromatic carbocycles. The van der Waals surface area contributed by atoms with Crippen LogP contribution in [-0.4, -0.2) is 55.8 Å².